The summed E-state index contributed by atoms with van der Waals surface area (Å²) in [6, 6.07) is 13.7. The monoisotopic (exact) mass is 438 g/mol. The third kappa shape index (κ3) is 5.86. The van der Waals surface area contributed by atoms with Gasteiger partial charge in [0.2, 0.25) is 5.91 Å². The van der Waals surface area contributed by atoms with Gasteiger partial charge in [0.25, 0.3) is 5.91 Å². The van der Waals surface area contributed by atoms with Crippen LogP contribution >= 0.6 is 11.8 Å². The van der Waals surface area contributed by atoms with Gasteiger partial charge in [0.15, 0.2) is 0 Å². The van der Waals surface area contributed by atoms with Gasteiger partial charge in [-0.3, -0.25) is 14.5 Å². The standard InChI is InChI=1S/C24H30N4O2S/c29-22(27-13-6-1-2-7-14-27)19-26-15-17-28(18-16-26)24(30)21-11-8-12-25-23(21)31-20-9-4-3-5-10-20/h3-5,8-12H,1-2,6-7,13-19H2. The summed E-state index contributed by atoms with van der Waals surface area (Å²) in [5, 5.41) is 0.734. The first-order valence-corrected chi connectivity index (χ1v) is 12.0. The highest BCUT2D eigenvalue weighted by molar-refractivity contribution is 7.99. The number of pyridine rings is 1. The SMILES string of the molecule is O=C(CN1CCN(C(=O)c2cccnc2Sc2ccccc2)CC1)N1CCCCCC1. The second kappa shape index (κ2) is 10.8. The molecule has 2 aromatic rings. The molecule has 2 fully saturated rings. The number of nitrogens with zero attached hydrogens (tertiary/aromatic N) is 4. The lowest BCUT2D eigenvalue weighted by Gasteiger charge is -2.35. The Hall–Kier alpha value is -2.38. The molecular weight excluding hydrogens is 408 g/mol. The Morgan fingerprint density at radius 2 is 1.52 bits per heavy atom. The Kier molecular flexibility index (Phi) is 7.59. The fraction of sp³-hybridized carbons (Fsp3) is 0.458. The van der Waals surface area contributed by atoms with Crippen LogP contribution in [0.5, 0.6) is 0 Å². The molecule has 1 aromatic heterocycles. The average molecular weight is 439 g/mol. The summed E-state index contributed by atoms with van der Waals surface area (Å²) >= 11 is 1.51. The van der Waals surface area contributed by atoms with E-state index in [1.54, 1.807) is 6.20 Å². The van der Waals surface area contributed by atoms with Crippen molar-refractivity contribution >= 4 is 23.6 Å². The fourth-order valence-corrected chi connectivity index (χ4v) is 5.02. The number of likely N-dealkylation sites (tertiary alicyclic amines) is 1. The molecule has 31 heavy (non-hydrogen) atoms. The van der Waals surface area contributed by atoms with E-state index in [-0.39, 0.29) is 11.8 Å². The predicted octanol–water partition coefficient (Wildman–Crippen LogP) is 3.39. The molecule has 1 aromatic carbocycles. The van der Waals surface area contributed by atoms with Crippen LogP contribution in [-0.2, 0) is 4.79 Å². The van der Waals surface area contributed by atoms with Crippen molar-refractivity contribution in [3.63, 3.8) is 0 Å². The first kappa shape index (κ1) is 21.8. The molecule has 0 aliphatic carbocycles. The van der Waals surface area contributed by atoms with E-state index < -0.39 is 0 Å². The number of amides is 2. The zero-order valence-corrected chi connectivity index (χ0v) is 18.7. The van der Waals surface area contributed by atoms with Crippen molar-refractivity contribution < 1.29 is 9.59 Å². The molecule has 2 saturated heterocycles. The van der Waals surface area contributed by atoms with Crippen molar-refractivity contribution in [2.24, 2.45) is 0 Å². The number of benzene rings is 1. The minimum absolute atomic E-state index is 0.0185. The average Bonchev–Trinajstić information content (AvgIpc) is 3.10. The van der Waals surface area contributed by atoms with E-state index in [0.717, 1.165) is 48.9 Å². The summed E-state index contributed by atoms with van der Waals surface area (Å²) in [7, 11) is 0. The van der Waals surface area contributed by atoms with E-state index in [9.17, 15) is 9.59 Å². The van der Waals surface area contributed by atoms with Gasteiger partial charge in [-0.1, -0.05) is 42.8 Å². The number of carbonyl (C=O) groups is 2. The number of hydrogen-bond donors (Lipinski definition) is 0. The zero-order valence-electron chi connectivity index (χ0n) is 17.9. The van der Waals surface area contributed by atoms with Crippen molar-refractivity contribution in [3.05, 3.63) is 54.2 Å². The van der Waals surface area contributed by atoms with E-state index in [1.165, 1.54) is 24.6 Å². The lowest BCUT2D eigenvalue weighted by Crippen LogP contribution is -2.51. The molecular formula is C24H30N4O2S. The molecule has 7 heteroatoms. The largest absolute Gasteiger partial charge is 0.342 e. The second-order valence-electron chi connectivity index (χ2n) is 8.13. The third-order valence-corrected chi connectivity index (χ3v) is 6.96. The summed E-state index contributed by atoms with van der Waals surface area (Å²) in [6.07, 6.45) is 6.41. The molecule has 0 atom stereocenters. The van der Waals surface area contributed by atoms with Crippen LogP contribution in [-0.4, -0.2) is 77.3 Å². The highest BCUT2D eigenvalue weighted by Crippen LogP contribution is 2.29. The number of piperazine rings is 1. The van der Waals surface area contributed by atoms with Gasteiger partial charge in [-0.25, -0.2) is 4.98 Å². The summed E-state index contributed by atoms with van der Waals surface area (Å²) < 4.78 is 0. The molecule has 164 valence electrons. The first-order chi connectivity index (χ1) is 15.2. The van der Waals surface area contributed by atoms with E-state index in [1.807, 2.05) is 52.3 Å². The Morgan fingerprint density at radius 1 is 0.806 bits per heavy atom. The molecule has 0 bridgehead atoms. The molecule has 0 saturated carbocycles. The fourth-order valence-electron chi connectivity index (χ4n) is 4.13. The molecule has 2 aliphatic rings. The van der Waals surface area contributed by atoms with Gasteiger partial charge in [0.1, 0.15) is 5.03 Å². The number of carbonyl (C=O) groups excluding carboxylic acids is 2. The molecule has 3 heterocycles. The zero-order chi connectivity index (χ0) is 21.5. The molecule has 6 nitrogen and oxygen atoms in total. The lowest BCUT2D eigenvalue weighted by atomic mass is 10.2. The van der Waals surface area contributed by atoms with E-state index in [2.05, 4.69) is 9.88 Å². The molecule has 4 rings (SSSR count). The van der Waals surface area contributed by atoms with Crippen LogP contribution in [0.15, 0.2) is 58.6 Å². The van der Waals surface area contributed by atoms with Crippen molar-refractivity contribution in [1.82, 2.24) is 19.7 Å². The topological polar surface area (TPSA) is 56.8 Å². The van der Waals surface area contributed by atoms with Crippen LogP contribution in [0.3, 0.4) is 0 Å². The van der Waals surface area contributed by atoms with E-state index in [0.29, 0.717) is 25.2 Å². The van der Waals surface area contributed by atoms with Crippen molar-refractivity contribution in [2.75, 3.05) is 45.8 Å². The summed E-state index contributed by atoms with van der Waals surface area (Å²) in [4.78, 5) is 37.5. The van der Waals surface area contributed by atoms with Gasteiger partial charge in [0.05, 0.1) is 12.1 Å². The van der Waals surface area contributed by atoms with E-state index >= 15 is 0 Å². The molecule has 0 N–H and O–H groups in total. The Balaban J connectivity index is 1.33. The maximum Gasteiger partial charge on any atom is 0.256 e. The summed E-state index contributed by atoms with van der Waals surface area (Å²) in [5.41, 5.74) is 0.644. The van der Waals surface area contributed by atoms with Gasteiger partial charge in [0, 0.05) is 50.4 Å². The van der Waals surface area contributed by atoms with Crippen molar-refractivity contribution in [1.29, 1.82) is 0 Å². The van der Waals surface area contributed by atoms with Gasteiger partial charge in [-0.15, -0.1) is 0 Å². The highest BCUT2D eigenvalue weighted by atomic mass is 32.2. The van der Waals surface area contributed by atoms with Crippen LogP contribution in [0.4, 0.5) is 0 Å². The predicted molar refractivity (Wildman–Crippen MR) is 122 cm³/mol. The van der Waals surface area contributed by atoms with Crippen LogP contribution in [0.25, 0.3) is 0 Å². The van der Waals surface area contributed by atoms with Crippen LogP contribution in [0.1, 0.15) is 36.0 Å². The molecule has 0 unspecified atom stereocenters. The first-order valence-electron chi connectivity index (χ1n) is 11.2. The van der Waals surface area contributed by atoms with Crippen molar-refractivity contribution in [2.45, 2.75) is 35.6 Å². The van der Waals surface area contributed by atoms with Gasteiger partial charge >= 0.3 is 0 Å². The number of hydrogen-bond acceptors (Lipinski definition) is 5. The van der Waals surface area contributed by atoms with Crippen LogP contribution < -0.4 is 0 Å². The number of aromatic nitrogens is 1. The van der Waals surface area contributed by atoms with E-state index in [4.69, 9.17) is 0 Å². The van der Waals surface area contributed by atoms with Gasteiger partial charge in [-0.05, 0) is 37.1 Å². The second-order valence-corrected chi connectivity index (χ2v) is 9.20. The molecule has 0 radical (unpaired) electrons. The van der Waals surface area contributed by atoms with Crippen LogP contribution in [0, 0.1) is 0 Å². The molecule has 2 aliphatic heterocycles. The Morgan fingerprint density at radius 3 is 2.23 bits per heavy atom. The summed E-state index contributed by atoms with van der Waals surface area (Å²) in [6.45, 7) is 4.97. The maximum absolute atomic E-state index is 13.2. The Bertz CT molecular complexity index is 876. The maximum atomic E-state index is 13.2. The van der Waals surface area contributed by atoms with Crippen molar-refractivity contribution in [3.8, 4) is 0 Å². The van der Waals surface area contributed by atoms with Crippen LogP contribution in [0.2, 0.25) is 0 Å². The molecule has 2 amide bonds. The summed E-state index contributed by atoms with van der Waals surface area (Å²) in [5.74, 6) is 0.250. The number of rotatable bonds is 5. The lowest BCUT2D eigenvalue weighted by molar-refractivity contribution is -0.132. The molecule has 0 spiro atoms. The highest BCUT2D eigenvalue weighted by Gasteiger charge is 2.26. The normalized spacial score (nSPS) is 17.9. The minimum Gasteiger partial charge on any atom is -0.342 e. The quantitative estimate of drug-likeness (QED) is 0.716. The third-order valence-electron chi connectivity index (χ3n) is 5.94. The minimum atomic E-state index is 0.0185. The Labute approximate surface area is 188 Å². The smallest absolute Gasteiger partial charge is 0.256 e. The van der Waals surface area contributed by atoms with Gasteiger partial charge in [-0.2, -0.15) is 0 Å². The van der Waals surface area contributed by atoms with Gasteiger partial charge < -0.3 is 9.80 Å².